The standard InChI is InChI=1S/C66H40N5.C52H34N2.2Ir/c1-3-17-46(18-4-1)48-21-15-23-50(37-48)64-33-31-52(42-67-64)58-25-7-9-27-60(58)54-39-55(41-56(40-54)62-29-11-12-30-63(62)57-44-69-66(70-45-57)71-35-13-14-36-71)61-28-10-8-26-59(61)53-32-34-65(68-43-53)51-24-16-22-49(38-51)47-19-5-2-6-20-47;1-3-14-37(15-4-1)39-18-11-22-43(32-39)51-30-28-45(35-53-51)49-26-9-7-24-47(49)41-20-13-21-42(34-41)48-25-8-10-27-50(48)46-29-31-52(54-36-46)44-23-12-19-40(33-44)38-16-5-2-6-17-38;;/h1-22,25-29,31-34,37-45H;1-21,24-36H;;/q-5;-2;;+3/i1D,2D,3D,4D,5D,6D,17D,18D,19D,20D;1D,2D,3D,4D,5D,6D,14D,15D,16D,17D;;. The van der Waals surface area contributed by atoms with Crippen molar-refractivity contribution in [2.24, 2.45) is 0 Å². The first-order chi connectivity index (χ1) is 70.2. The second kappa shape index (κ2) is 38.5. The Morgan fingerprint density at radius 3 is 0.787 bits per heavy atom. The van der Waals surface area contributed by atoms with Crippen molar-refractivity contribution in [3.05, 3.63) is 492 Å². The quantitative estimate of drug-likeness (QED) is 0.0750. The van der Waals surface area contributed by atoms with Crippen LogP contribution < -0.4 is 0 Å². The minimum atomic E-state index is -0.450. The molecule has 21 rings (SSSR count). The Kier molecular flexibility index (Phi) is 18.8. The van der Waals surface area contributed by atoms with E-state index in [4.69, 9.17) is 47.4 Å². The van der Waals surface area contributed by atoms with Crippen molar-refractivity contribution in [3.63, 3.8) is 0 Å². The molecule has 0 atom stereocenters. The number of hydrogen-bond donors (Lipinski definition) is 0. The van der Waals surface area contributed by atoms with Gasteiger partial charge in [-0.25, -0.2) is 12.3 Å². The van der Waals surface area contributed by atoms with Crippen molar-refractivity contribution >= 4 is 0 Å². The summed E-state index contributed by atoms with van der Waals surface area (Å²) in [5, 5.41) is 0. The Hall–Kier alpha value is -15.4. The maximum Gasteiger partial charge on any atom is 3.00 e. The van der Waals surface area contributed by atoms with Gasteiger partial charge in [-0.05, 0) is 159 Å². The Balaban J connectivity index is 0.000000195. The molecule has 9 heteroatoms. The zero-order valence-electron chi connectivity index (χ0n) is 87.0. The molecule has 127 heavy (non-hydrogen) atoms. The number of nitrogens with zero attached hydrogens (tertiary/aromatic N) is 7. The summed E-state index contributed by atoms with van der Waals surface area (Å²) in [6.45, 7) is 0. The Morgan fingerprint density at radius 2 is 0.480 bits per heavy atom. The molecule has 15 aromatic carbocycles. The van der Waals surface area contributed by atoms with Gasteiger partial charge in [-0.1, -0.05) is 308 Å². The first-order valence-corrected chi connectivity index (χ1v) is 39.9. The Bertz CT molecular complexity index is 8130. The summed E-state index contributed by atoms with van der Waals surface area (Å²) >= 11 is 0. The molecule has 0 unspecified atom stereocenters. The second-order valence-electron chi connectivity index (χ2n) is 28.9. The first-order valence-electron chi connectivity index (χ1n) is 49.9. The topological polar surface area (TPSA) is 82.3 Å². The van der Waals surface area contributed by atoms with Gasteiger partial charge in [0, 0.05) is 44.9 Å². The van der Waals surface area contributed by atoms with E-state index >= 15 is 0 Å². The fourth-order valence-corrected chi connectivity index (χ4v) is 15.3. The van der Waals surface area contributed by atoms with Crippen LogP contribution in [0.4, 0.5) is 0 Å². The third-order valence-electron chi connectivity index (χ3n) is 21.3. The van der Waals surface area contributed by atoms with Crippen LogP contribution in [0.3, 0.4) is 0 Å². The molecule has 0 fully saturated rings. The number of pyridine rings is 4. The molecule has 6 aromatic heterocycles. The molecule has 6 heterocycles. The first kappa shape index (κ1) is 61.8. The molecule has 0 saturated carbocycles. The SMILES string of the molecule is [2H]c1c([2H])c([2H])c(-c2cc[c-]c(-c3ccc(-c4ccccc4-c4cc(-c5ccc[c-]c5-c5cnc(-n6[c-]cc[c-]6)nc5)cc(-c5ccccc5-c5ccc(-c6[c-]ccc(-c7c([2H])c([2H])c([2H])c([2H])c7[2H])c6)nc5)c4)cn3)c2)c([2H])c1[2H].[2H]c1c([2H])c([2H])c(-c2cc[c-]c(-c3ccc(-c4ccccc4-c4cccc(-c5ccccc5-c5ccc(-c6[c-]ccc(-c7c([2H])c([2H])c([2H])c([2H])c7[2H])c6)nc5)c4)cn3)c2)c([2H])c1[2H].[Ir+3].[Ir]. The predicted octanol–water partition coefficient (Wildman–Crippen LogP) is 29.1. The molecule has 1 radical (unpaired) electrons. The molecule has 7 nitrogen and oxygen atoms in total. The van der Waals surface area contributed by atoms with Crippen LogP contribution in [0.5, 0.6) is 0 Å². The number of hydrogen-bond acceptors (Lipinski definition) is 6. The molecule has 0 amide bonds. The summed E-state index contributed by atoms with van der Waals surface area (Å²) in [4.78, 5) is 28.7. The Morgan fingerprint density at radius 1 is 0.205 bits per heavy atom. The van der Waals surface area contributed by atoms with E-state index in [2.05, 4.69) is 144 Å². The summed E-state index contributed by atoms with van der Waals surface area (Å²) in [7, 11) is 0. The summed E-state index contributed by atoms with van der Waals surface area (Å²) in [5.41, 5.74) is 25.6. The zero-order valence-corrected chi connectivity index (χ0v) is 71.8. The molecule has 0 aliphatic rings. The smallest absolute Gasteiger partial charge is 0.562 e. The van der Waals surface area contributed by atoms with E-state index in [1.54, 1.807) is 127 Å². The molecular weight excluding hydrogens is 1900 g/mol. The van der Waals surface area contributed by atoms with Crippen molar-refractivity contribution in [1.82, 2.24) is 34.5 Å². The van der Waals surface area contributed by atoms with E-state index in [1.165, 1.54) is 0 Å². The van der Waals surface area contributed by atoms with Gasteiger partial charge in [-0.3, -0.25) is 12.3 Å². The molecule has 0 bridgehead atoms. The van der Waals surface area contributed by atoms with Gasteiger partial charge in [0.25, 0.3) is 0 Å². The zero-order chi connectivity index (χ0) is 101. The van der Waals surface area contributed by atoms with Crippen LogP contribution in [0.2, 0.25) is 0 Å². The minimum Gasteiger partial charge on any atom is -0.562 e. The van der Waals surface area contributed by atoms with Crippen molar-refractivity contribution in [2.75, 3.05) is 0 Å². The van der Waals surface area contributed by atoms with Gasteiger partial charge in [0.2, 0.25) is 0 Å². The van der Waals surface area contributed by atoms with Crippen molar-refractivity contribution in [2.45, 2.75) is 0 Å². The van der Waals surface area contributed by atoms with Crippen LogP contribution in [0, 0.1) is 42.7 Å². The maximum absolute atomic E-state index is 8.57. The molecule has 0 spiro atoms. The summed E-state index contributed by atoms with van der Waals surface area (Å²) < 4.78 is 167. The fraction of sp³-hybridized carbons (Fsp3) is 0. The summed E-state index contributed by atoms with van der Waals surface area (Å²) in [6, 6.07) is 102. The maximum atomic E-state index is 8.57. The summed E-state index contributed by atoms with van der Waals surface area (Å²) in [6.07, 6.45) is 16.8. The van der Waals surface area contributed by atoms with Crippen LogP contribution in [-0.2, 0) is 40.2 Å². The number of rotatable bonds is 19. The molecule has 0 N–H and O–H groups in total. The van der Waals surface area contributed by atoms with Crippen LogP contribution in [-0.4, -0.2) is 34.5 Å². The Labute approximate surface area is 795 Å². The average molecular weight is 1990 g/mol. The van der Waals surface area contributed by atoms with Gasteiger partial charge >= 0.3 is 20.1 Å². The monoisotopic (exact) mass is 1990 g/mol. The number of aromatic nitrogens is 7. The number of benzene rings is 15. The molecule has 0 saturated heterocycles. The van der Waals surface area contributed by atoms with Crippen LogP contribution >= 0.6 is 0 Å². The van der Waals surface area contributed by atoms with E-state index in [-0.39, 0.29) is 135 Å². The largest absolute Gasteiger partial charge is 3.00 e. The van der Waals surface area contributed by atoms with Gasteiger partial charge < -0.3 is 34.5 Å². The van der Waals surface area contributed by atoms with E-state index in [9.17, 15) is 0 Å². The van der Waals surface area contributed by atoms with Gasteiger partial charge in [0.1, 0.15) is 0 Å². The molecule has 21 aromatic rings. The molecule has 603 valence electrons. The predicted molar refractivity (Wildman–Crippen MR) is 509 cm³/mol. The molecular formula is C118H74Ir2N7-4. The average Bonchev–Trinajstić information content (AvgIpc) is 1.42. The third kappa shape index (κ3) is 18.3. The van der Waals surface area contributed by atoms with Crippen LogP contribution in [0.1, 0.15) is 27.4 Å². The van der Waals surface area contributed by atoms with Crippen LogP contribution in [0.25, 0.3) is 207 Å². The molecule has 0 aliphatic carbocycles. The van der Waals surface area contributed by atoms with Crippen molar-refractivity contribution < 1.29 is 67.6 Å². The van der Waals surface area contributed by atoms with Gasteiger partial charge in [0.15, 0.2) is 0 Å². The third-order valence-corrected chi connectivity index (χ3v) is 21.3. The van der Waals surface area contributed by atoms with E-state index in [1.807, 2.05) is 115 Å². The van der Waals surface area contributed by atoms with Crippen LogP contribution in [0.15, 0.2) is 449 Å². The fourth-order valence-electron chi connectivity index (χ4n) is 15.3. The van der Waals surface area contributed by atoms with Crippen molar-refractivity contribution in [1.29, 1.82) is 0 Å². The van der Waals surface area contributed by atoms with E-state index < -0.39 is 48.3 Å². The summed E-state index contributed by atoms with van der Waals surface area (Å²) in [5.74, 6) is 0.434. The minimum absolute atomic E-state index is 0. The van der Waals surface area contributed by atoms with Gasteiger partial charge in [-0.15, -0.1) is 177 Å². The van der Waals surface area contributed by atoms with Gasteiger partial charge in [0.05, 0.1) is 33.4 Å². The molecule has 0 aliphatic heterocycles. The van der Waals surface area contributed by atoms with E-state index in [0.717, 1.165) is 111 Å². The van der Waals surface area contributed by atoms with E-state index in [0.29, 0.717) is 73.2 Å². The second-order valence-corrected chi connectivity index (χ2v) is 28.9. The van der Waals surface area contributed by atoms with Crippen molar-refractivity contribution in [3.8, 4) is 207 Å². The van der Waals surface area contributed by atoms with Gasteiger partial charge in [-0.2, -0.15) is 0 Å². The normalized spacial score (nSPS) is 13.1.